The van der Waals surface area contributed by atoms with Gasteiger partial charge in [0.2, 0.25) is 0 Å². The number of carboxylic acid groups (broad SMARTS) is 1. The van der Waals surface area contributed by atoms with Crippen LogP contribution in [0.3, 0.4) is 0 Å². The fourth-order valence-corrected chi connectivity index (χ4v) is 5.67. The molecule has 2 aromatic carbocycles. The van der Waals surface area contributed by atoms with Crippen molar-refractivity contribution < 1.29 is 27.8 Å². The number of carboxylic acids is 1. The number of hydrogen-bond donors (Lipinski definition) is 1. The highest BCUT2D eigenvalue weighted by atomic mass is 19.1. The maximum atomic E-state index is 15.5. The SMILES string of the molecule is COc1ccc2nccc([C@H](F)CC[C@@H]3CCN(CCCCc4c(F)cccc4F)C[C@@H]3CC(=O)O)c2c1. The molecule has 0 amide bonds. The zero-order chi connectivity index (χ0) is 27.1. The van der Waals surface area contributed by atoms with Crippen molar-refractivity contribution in [1.29, 1.82) is 0 Å². The number of carbonyl (C=O) groups is 1. The van der Waals surface area contributed by atoms with E-state index in [0.717, 1.165) is 31.3 Å². The Morgan fingerprint density at radius 1 is 1.16 bits per heavy atom. The molecule has 1 aromatic heterocycles. The Morgan fingerprint density at radius 3 is 2.68 bits per heavy atom. The molecule has 0 unspecified atom stereocenters. The number of methoxy groups -OCH3 is 1. The van der Waals surface area contributed by atoms with Gasteiger partial charge in [-0.2, -0.15) is 0 Å². The predicted octanol–water partition coefficient (Wildman–Crippen LogP) is 6.75. The second-order valence-corrected chi connectivity index (χ2v) is 10.2. The van der Waals surface area contributed by atoms with Gasteiger partial charge in [0.1, 0.15) is 23.6 Å². The van der Waals surface area contributed by atoms with E-state index < -0.39 is 23.8 Å². The molecular weight excluding hydrogens is 493 g/mol. The summed E-state index contributed by atoms with van der Waals surface area (Å²) in [6.07, 6.45) is 3.95. The summed E-state index contributed by atoms with van der Waals surface area (Å²) in [6, 6.07) is 11.0. The number of ether oxygens (including phenoxy) is 1. The van der Waals surface area contributed by atoms with Crippen LogP contribution in [0.4, 0.5) is 13.2 Å². The number of hydrogen-bond acceptors (Lipinski definition) is 4. The van der Waals surface area contributed by atoms with Gasteiger partial charge in [-0.3, -0.25) is 9.78 Å². The minimum atomic E-state index is -1.19. The van der Waals surface area contributed by atoms with Gasteiger partial charge in [0.25, 0.3) is 0 Å². The van der Waals surface area contributed by atoms with Crippen LogP contribution in [0, 0.1) is 23.5 Å². The number of benzene rings is 2. The number of piperidine rings is 1. The Morgan fingerprint density at radius 2 is 1.95 bits per heavy atom. The van der Waals surface area contributed by atoms with E-state index in [4.69, 9.17) is 4.74 Å². The van der Waals surface area contributed by atoms with Crippen LogP contribution in [0.15, 0.2) is 48.7 Å². The average Bonchev–Trinajstić information content (AvgIpc) is 2.90. The standard InChI is InChI=1S/C30H35F3N2O3/c1-38-22-9-11-29-25(18-22)23(12-14-34-29)28(33)10-8-20-13-16-35(19-21(20)17-30(36)37)15-3-2-5-24-26(31)6-4-7-27(24)32/h4,6-7,9,11-12,14,18,20-21,28H,2-3,5,8,10,13,15-17,19H2,1H3,(H,36,37)/t20-,21+,28-/m1/s1. The Bertz CT molecular complexity index is 1220. The third kappa shape index (κ3) is 7.04. The summed E-state index contributed by atoms with van der Waals surface area (Å²) in [5, 5.41) is 10.2. The fourth-order valence-electron chi connectivity index (χ4n) is 5.67. The van der Waals surface area contributed by atoms with Crippen molar-refractivity contribution in [3.05, 3.63) is 71.4 Å². The van der Waals surface area contributed by atoms with Gasteiger partial charge in [-0.1, -0.05) is 6.07 Å². The van der Waals surface area contributed by atoms with Gasteiger partial charge in [-0.15, -0.1) is 0 Å². The zero-order valence-electron chi connectivity index (χ0n) is 21.7. The van der Waals surface area contributed by atoms with Crippen molar-refractivity contribution in [2.45, 2.75) is 51.1 Å². The Kier molecular flexibility index (Phi) is 9.61. The number of pyridine rings is 1. The lowest BCUT2D eigenvalue weighted by molar-refractivity contribution is -0.139. The van der Waals surface area contributed by atoms with Crippen molar-refractivity contribution in [2.24, 2.45) is 11.8 Å². The van der Waals surface area contributed by atoms with Crippen LogP contribution in [0.25, 0.3) is 10.9 Å². The first-order valence-electron chi connectivity index (χ1n) is 13.3. The maximum Gasteiger partial charge on any atom is 0.303 e. The molecule has 1 N–H and O–H groups in total. The summed E-state index contributed by atoms with van der Waals surface area (Å²) in [6.45, 7) is 2.19. The number of aliphatic carboxylic acids is 1. The molecule has 5 nitrogen and oxygen atoms in total. The van der Waals surface area contributed by atoms with Crippen LogP contribution in [-0.2, 0) is 11.2 Å². The number of fused-ring (bicyclic) bond motifs is 1. The van der Waals surface area contributed by atoms with Gasteiger partial charge < -0.3 is 14.7 Å². The molecule has 1 fully saturated rings. The van der Waals surface area contributed by atoms with Gasteiger partial charge in [0, 0.05) is 30.1 Å². The molecule has 38 heavy (non-hydrogen) atoms. The lowest BCUT2D eigenvalue weighted by Gasteiger charge is -2.38. The van der Waals surface area contributed by atoms with Crippen LogP contribution in [-0.4, -0.2) is 47.7 Å². The van der Waals surface area contributed by atoms with Crippen molar-refractivity contribution in [3.63, 3.8) is 0 Å². The molecule has 2 heterocycles. The smallest absolute Gasteiger partial charge is 0.303 e. The summed E-state index contributed by atoms with van der Waals surface area (Å²) >= 11 is 0. The number of halogens is 3. The minimum absolute atomic E-state index is 0.0495. The number of likely N-dealkylation sites (tertiary alicyclic amines) is 1. The molecule has 0 aliphatic carbocycles. The highest BCUT2D eigenvalue weighted by Crippen LogP contribution is 2.36. The number of unbranched alkanes of at least 4 members (excludes halogenated alkanes) is 1. The topological polar surface area (TPSA) is 62.7 Å². The van der Waals surface area contributed by atoms with Crippen LogP contribution in [0.1, 0.15) is 55.8 Å². The summed E-state index contributed by atoms with van der Waals surface area (Å²) in [7, 11) is 1.57. The van der Waals surface area contributed by atoms with Crippen molar-refractivity contribution in [2.75, 3.05) is 26.7 Å². The molecule has 0 spiro atoms. The third-order valence-corrected chi connectivity index (χ3v) is 7.74. The molecular formula is C30H35F3N2O3. The molecule has 0 bridgehead atoms. The Hall–Kier alpha value is -3.13. The van der Waals surface area contributed by atoms with E-state index in [1.807, 2.05) is 6.07 Å². The van der Waals surface area contributed by atoms with Crippen LogP contribution in [0.2, 0.25) is 0 Å². The molecule has 3 aromatic rings. The van der Waals surface area contributed by atoms with Gasteiger partial charge >= 0.3 is 5.97 Å². The molecule has 1 saturated heterocycles. The van der Waals surface area contributed by atoms with Crippen molar-refractivity contribution >= 4 is 16.9 Å². The summed E-state index contributed by atoms with van der Waals surface area (Å²) < 4.78 is 48.5. The minimum Gasteiger partial charge on any atom is -0.497 e. The Balaban J connectivity index is 1.31. The normalized spacial score (nSPS) is 18.9. The molecule has 1 aliphatic heterocycles. The first-order chi connectivity index (χ1) is 18.4. The molecule has 0 saturated carbocycles. The molecule has 3 atom stereocenters. The highest BCUT2D eigenvalue weighted by molar-refractivity contribution is 5.83. The zero-order valence-corrected chi connectivity index (χ0v) is 21.7. The van der Waals surface area contributed by atoms with Gasteiger partial charge in [0.15, 0.2) is 0 Å². The quantitative estimate of drug-likeness (QED) is 0.264. The van der Waals surface area contributed by atoms with Gasteiger partial charge in [0.05, 0.1) is 12.6 Å². The van der Waals surface area contributed by atoms with Gasteiger partial charge in [-0.25, -0.2) is 13.2 Å². The van der Waals surface area contributed by atoms with E-state index in [9.17, 15) is 18.7 Å². The van der Waals surface area contributed by atoms with E-state index in [2.05, 4.69) is 9.88 Å². The van der Waals surface area contributed by atoms with E-state index >= 15 is 4.39 Å². The largest absolute Gasteiger partial charge is 0.497 e. The van der Waals surface area contributed by atoms with E-state index in [0.29, 0.717) is 49.1 Å². The van der Waals surface area contributed by atoms with Gasteiger partial charge in [-0.05, 0) is 105 Å². The number of nitrogens with zero attached hydrogens (tertiary/aromatic N) is 2. The summed E-state index contributed by atoms with van der Waals surface area (Å²) in [5.74, 6) is -1.18. The summed E-state index contributed by atoms with van der Waals surface area (Å²) in [5.41, 5.74) is 1.41. The number of rotatable bonds is 12. The van der Waals surface area contributed by atoms with E-state index in [1.165, 1.54) is 18.2 Å². The average molecular weight is 529 g/mol. The number of alkyl halides is 1. The maximum absolute atomic E-state index is 15.5. The third-order valence-electron chi connectivity index (χ3n) is 7.74. The molecule has 4 rings (SSSR count). The van der Waals surface area contributed by atoms with Crippen molar-refractivity contribution in [1.82, 2.24) is 9.88 Å². The van der Waals surface area contributed by atoms with Crippen LogP contribution < -0.4 is 4.74 Å². The first kappa shape index (κ1) is 27.9. The van der Waals surface area contributed by atoms with E-state index in [-0.39, 0.29) is 23.8 Å². The first-order valence-corrected chi connectivity index (χ1v) is 13.3. The lowest BCUT2D eigenvalue weighted by atomic mass is 9.79. The fraction of sp³-hybridized carbons (Fsp3) is 0.467. The van der Waals surface area contributed by atoms with Crippen LogP contribution >= 0.6 is 0 Å². The molecule has 0 radical (unpaired) electrons. The number of aromatic nitrogens is 1. The second-order valence-electron chi connectivity index (χ2n) is 10.2. The van der Waals surface area contributed by atoms with Crippen LogP contribution in [0.5, 0.6) is 5.75 Å². The monoisotopic (exact) mass is 528 g/mol. The molecule has 1 aliphatic rings. The molecule has 204 valence electrons. The predicted molar refractivity (Wildman–Crippen MR) is 141 cm³/mol. The summed E-state index contributed by atoms with van der Waals surface area (Å²) in [4.78, 5) is 18.1. The lowest BCUT2D eigenvalue weighted by Crippen LogP contribution is -2.41. The second kappa shape index (κ2) is 13.1. The van der Waals surface area contributed by atoms with Crippen molar-refractivity contribution in [3.8, 4) is 5.75 Å². The molecule has 8 heteroatoms. The Labute approximate surface area is 221 Å². The van der Waals surface area contributed by atoms with E-state index in [1.54, 1.807) is 31.5 Å². The highest BCUT2D eigenvalue weighted by Gasteiger charge is 2.31.